The van der Waals surface area contributed by atoms with E-state index in [1.54, 1.807) is 6.07 Å². The van der Waals surface area contributed by atoms with E-state index in [1.165, 1.54) is 0 Å². The van der Waals surface area contributed by atoms with Gasteiger partial charge in [-0.25, -0.2) is 0 Å². The molecule has 0 saturated heterocycles. The number of hydrogen-bond donors (Lipinski definition) is 1. The summed E-state index contributed by atoms with van der Waals surface area (Å²) in [6, 6.07) is 7.70. The summed E-state index contributed by atoms with van der Waals surface area (Å²) in [5.74, 6) is 0. The van der Waals surface area contributed by atoms with Crippen molar-refractivity contribution in [3.63, 3.8) is 0 Å². The molecule has 19 heavy (non-hydrogen) atoms. The predicted octanol–water partition coefficient (Wildman–Crippen LogP) is 4.38. The van der Waals surface area contributed by atoms with Crippen LogP contribution in [0.2, 0.25) is 10.0 Å². The second-order valence-electron chi connectivity index (χ2n) is 4.25. The Kier molecular flexibility index (Phi) is 4.72. The van der Waals surface area contributed by atoms with Crippen LogP contribution in [0.15, 0.2) is 24.3 Å². The van der Waals surface area contributed by atoms with E-state index in [1.807, 2.05) is 16.8 Å². The molecule has 2 rings (SSSR count). The number of halogens is 2. The Labute approximate surface area is 123 Å². The third-order valence-corrected chi connectivity index (χ3v) is 3.81. The van der Waals surface area contributed by atoms with E-state index in [2.05, 4.69) is 30.3 Å². The molecule has 0 bridgehead atoms. The van der Waals surface area contributed by atoms with Crippen LogP contribution in [0.3, 0.4) is 0 Å². The average molecular weight is 298 g/mol. The van der Waals surface area contributed by atoms with E-state index >= 15 is 0 Å². The first-order valence-electron chi connectivity index (χ1n) is 6.39. The van der Waals surface area contributed by atoms with Gasteiger partial charge in [-0.05, 0) is 31.5 Å². The molecule has 0 atom stereocenters. The molecular formula is C14H17Cl2N3. The molecule has 1 N–H and O–H groups in total. The van der Waals surface area contributed by atoms with Crippen molar-refractivity contribution in [1.29, 1.82) is 0 Å². The van der Waals surface area contributed by atoms with Crippen LogP contribution in [-0.2, 0) is 19.5 Å². The number of rotatable bonds is 5. The molecule has 0 aliphatic carbocycles. The standard InChI is InChI=1S/C14H17Cl2N3/c1-3-10-8-11(19(4-2)18-10)9-17-13-7-5-6-12(15)14(13)16/h5-8,17H,3-4,9H2,1-2H3. The Balaban J connectivity index is 2.14. The van der Waals surface area contributed by atoms with Crippen molar-refractivity contribution >= 4 is 28.9 Å². The molecular weight excluding hydrogens is 281 g/mol. The van der Waals surface area contributed by atoms with E-state index in [0.717, 1.165) is 30.0 Å². The van der Waals surface area contributed by atoms with Crippen LogP contribution in [-0.4, -0.2) is 9.78 Å². The number of aryl methyl sites for hydroxylation is 2. The van der Waals surface area contributed by atoms with Gasteiger partial charge in [0.15, 0.2) is 0 Å². The van der Waals surface area contributed by atoms with Crippen LogP contribution in [0.5, 0.6) is 0 Å². The molecule has 3 nitrogen and oxygen atoms in total. The second-order valence-corrected chi connectivity index (χ2v) is 5.04. The lowest BCUT2D eigenvalue weighted by Gasteiger charge is -2.10. The fourth-order valence-corrected chi connectivity index (χ4v) is 2.30. The summed E-state index contributed by atoms with van der Waals surface area (Å²) in [5.41, 5.74) is 3.10. The Morgan fingerprint density at radius 2 is 2.05 bits per heavy atom. The van der Waals surface area contributed by atoms with E-state index in [4.69, 9.17) is 23.2 Å². The molecule has 102 valence electrons. The van der Waals surface area contributed by atoms with E-state index in [9.17, 15) is 0 Å². The van der Waals surface area contributed by atoms with Gasteiger partial charge in [-0.1, -0.05) is 36.2 Å². The minimum absolute atomic E-state index is 0.558. The van der Waals surface area contributed by atoms with Gasteiger partial charge in [0, 0.05) is 6.54 Å². The summed E-state index contributed by atoms with van der Waals surface area (Å²) < 4.78 is 2.00. The summed E-state index contributed by atoms with van der Waals surface area (Å²) in [6.45, 7) is 5.73. The van der Waals surface area contributed by atoms with E-state index < -0.39 is 0 Å². The lowest BCUT2D eigenvalue weighted by atomic mass is 10.3. The molecule has 0 unspecified atom stereocenters. The topological polar surface area (TPSA) is 29.9 Å². The molecule has 1 aromatic heterocycles. The van der Waals surface area contributed by atoms with Crippen molar-refractivity contribution in [2.75, 3.05) is 5.32 Å². The summed E-state index contributed by atoms with van der Waals surface area (Å²) in [5, 5.41) is 8.94. The van der Waals surface area contributed by atoms with Gasteiger partial charge in [-0.2, -0.15) is 5.10 Å². The Morgan fingerprint density at radius 3 is 2.74 bits per heavy atom. The Hall–Kier alpha value is -1.19. The average Bonchev–Trinajstić information content (AvgIpc) is 2.83. The lowest BCUT2D eigenvalue weighted by Crippen LogP contribution is -2.08. The SMILES string of the molecule is CCc1cc(CNc2cccc(Cl)c2Cl)n(CC)n1. The zero-order chi connectivity index (χ0) is 13.8. The number of hydrogen-bond acceptors (Lipinski definition) is 2. The van der Waals surface area contributed by atoms with Crippen molar-refractivity contribution in [3.8, 4) is 0 Å². The fraction of sp³-hybridized carbons (Fsp3) is 0.357. The molecule has 0 aliphatic heterocycles. The Morgan fingerprint density at radius 1 is 1.26 bits per heavy atom. The summed E-state index contributed by atoms with van der Waals surface area (Å²) in [6.07, 6.45) is 0.942. The van der Waals surface area contributed by atoms with Gasteiger partial charge in [-0.3, -0.25) is 4.68 Å². The van der Waals surface area contributed by atoms with Crippen LogP contribution in [0.25, 0.3) is 0 Å². The van der Waals surface area contributed by atoms with Crippen LogP contribution in [0.4, 0.5) is 5.69 Å². The molecule has 2 aromatic rings. The maximum atomic E-state index is 6.15. The zero-order valence-corrected chi connectivity index (χ0v) is 12.6. The van der Waals surface area contributed by atoms with Crippen LogP contribution in [0, 0.1) is 0 Å². The molecule has 0 aliphatic rings. The largest absolute Gasteiger partial charge is 0.378 e. The van der Waals surface area contributed by atoms with Gasteiger partial charge < -0.3 is 5.32 Å². The van der Waals surface area contributed by atoms with Gasteiger partial charge >= 0.3 is 0 Å². The molecule has 1 aromatic carbocycles. The highest BCUT2D eigenvalue weighted by molar-refractivity contribution is 6.43. The van der Waals surface area contributed by atoms with Crippen molar-refractivity contribution in [2.24, 2.45) is 0 Å². The maximum absolute atomic E-state index is 6.15. The molecule has 0 spiro atoms. The number of nitrogens with zero attached hydrogens (tertiary/aromatic N) is 2. The number of nitrogens with one attached hydrogen (secondary N) is 1. The third kappa shape index (κ3) is 3.23. The zero-order valence-electron chi connectivity index (χ0n) is 11.1. The highest BCUT2D eigenvalue weighted by Crippen LogP contribution is 2.29. The van der Waals surface area contributed by atoms with Crippen LogP contribution < -0.4 is 5.32 Å². The van der Waals surface area contributed by atoms with Crippen molar-refractivity contribution in [1.82, 2.24) is 9.78 Å². The van der Waals surface area contributed by atoms with Gasteiger partial charge in [0.2, 0.25) is 0 Å². The van der Waals surface area contributed by atoms with Crippen molar-refractivity contribution in [2.45, 2.75) is 33.4 Å². The summed E-state index contributed by atoms with van der Waals surface area (Å²) in [4.78, 5) is 0. The van der Waals surface area contributed by atoms with Gasteiger partial charge in [-0.15, -0.1) is 0 Å². The maximum Gasteiger partial charge on any atom is 0.0823 e. The Bertz CT molecular complexity index is 564. The first kappa shape index (κ1) is 14.2. The molecule has 1 heterocycles. The minimum Gasteiger partial charge on any atom is -0.378 e. The fourth-order valence-electron chi connectivity index (χ4n) is 1.93. The van der Waals surface area contributed by atoms with E-state index in [-0.39, 0.29) is 0 Å². The minimum atomic E-state index is 0.558. The number of anilines is 1. The number of benzene rings is 1. The lowest BCUT2D eigenvalue weighted by molar-refractivity contribution is 0.619. The molecule has 0 radical (unpaired) electrons. The quantitative estimate of drug-likeness (QED) is 0.887. The van der Waals surface area contributed by atoms with Crippen LogP contribution >= 0.6 is 23.2 Å². The number of aromatic nitrogens is 2. The predicted molar refractivity (Wildman–Crippen MR) is 81.1 cm³/mol. The third-order valence-electron chi connectivity index (χ3n) is 2.99. The molecule has 0 fully saturated rings. The molecule has 5 heteroatoms. The molecule has 0 amide bonds. The van der Waals surface area contributed by atoms with E-state index in [0.29, 0.717) is 16.6 Å². The second kappa shape index (κ2) is 6.31. The van der Waals surface area contributed by atoms with Gasteiger partial charge in [0.1, 0.15) is 0 Å². The highest BCUT2D eigenvalue weighted by atomic mass is 35.5. The van der Waals surface area contributed by atoms with Crippen molar-refractivity contribution in [3.05, 3.63) is 45.7 Å². The van der Waals surface area contributed by atoms with Gasteiger partial charge in [0.05, 0.1) is 33.7 Å². The van der Waals surface area contributed by atoms with Gasteiger partial charge in [0.25, 0.3) is 0 Å². The first-order chi connectivity index (χ1) is 9.15. The summed E-state index contributed by atoms with van der Waals surface area (Å²) in [7, 11) is 0. The highest BCUT2D eigenvalue weighted by Gasteiger charge is 2.07. The molecule has 0 saturated carbocycles. The van der Waals surface area contributed by atoms with Crippen molar-refractivity contribution < 1.29 is 0 Å². The normalized spacial score (nSPS) is 10.7. The summed E-state index contributed by atoms with van der Waals surface area (Å²) >= 11 is 12.1. The smallest absolute Gasteiger partial charge is 0.0823 e. The first-order valence-corrected chi connectivity index (χ1v) is 7.14. The monoisotopic (exact) mass is 297 g/mol. The van der Waals surface area contributed by atoms with Crippen LogP contribution in [0.1, 0.15) is 25.2 Å².